The van der Waals surface area contributed by atoms with E-state index in [-0.39, 0.29) is 11.8 Å². The fourth-order valence-electron chi connectivity index (χ4n) is 1.77. The van der Waals surface area contributed by atoms with Gasteiger partial charge in [0.1, 0.15) is 0 Å². The molecule has 1 unspecified atom stereocenters. The fourth-order valence-corrected chi connectivity index (χ4v) is 1.77. The van der Waals surface area contributed by atoms with Crippen molar-refractivity contribution >= 4 is 5.78 Å². The van der Waals surface area contributed by atoms with Gasteiger partial charge in [0.2, 0.25) is 0 Å². The number of hydrogen-bond donors (Lipinski definition) is 1. The lowest BCUT2D eigenvalue weighted by Crippen LogP contribution is -2.15. The first-order valence-corrected chi connectivity index (χ1v) is 5.87. The third-order valence-corrected chi connectivity index (χ3v) is 2.97. The summed E-state index contributed by atoms with van der Waals surface area (Å²) >= 11 is 0. The summed E-state index contributed by atoms with van der Waals surface area (Å²) in [7, 11) is 0. The topological polar surface area (TPSA) is 43.1 Å². The lowest BCUT2D eigenvalue weighted by Gasteiger charge is -2.08. The van der Waals surface area contributed by atoms with Crippen LogP contribution in [-0.4, -0.2) is 11.8 Å². The number of carbonyl (C=O) groups is 1. The smallest absolute Gasteiger partial charge is 0.163 e. The highest BCUT2D eigenvalue weighted by Crippen LogP contribution is 2.15. The number of carbonyl (C=O) groups excluding carboxylic acids is 1. The third kappa shape index (κ3) is 3.46. The second-order valence-corrected chi connectivity index (χ2v) is 4.54. The molecule has 0 spiro atoms. The van der Waals surface area contributed by atoms with Crippen LogP contribution in [0.3, 0.4) is 0 Å². The van der Waals surface area contributed by atoms with Crippen LogP contribution in [0.15, 0.2) is 18.2 Å². The molecular weight excluding hydrogens is 198 g/mol. The molecule has 0 bridgehead atoms. The van der Waals surface area contributed by atoms with Gasteiger partial charge in [0.25, 0.3) is 0 Å². The highest BCUT2D eigenvalue weighted by atomic mass is 16.1. The Labute approximate surface area is 97.9 Å². The molecule has 1 aromatic carbocycles. The maximum atomic E-state index is 12.0. The Morgan fingerprint density at radius 3 is 2.69 bits per heavy atom. The van der Waals surface area contributed by atoms with E-state index in [2.05, 4.69) is 0 Å². The Morgan fingerprint density at radius 2 is 2.06 bits per heavy atom. The molecule has 2 nitrogen and oxygen atoms in total. The van der Waals surface area contributed by atoms with Crippen LogP contribution >= 0.6 is 0 Å². The molecule has 0 aromatic heterocycles. The number of rotatable bonds is 5. The summed E-state index contributed by atoms with van der Waals surface area (Å²) in [6, 6.07) is 6.08. The Kier molecular flexibility index (Phi) is 4.69. The molecule has 1 rings (SSSR count). The average Bonchev–Trinajstić information content (AvgIpc) is 2.21. The molecule has 0 saturated carbocycles. The predicted molar refractivity (Wildman–Crippen MR) is 67.7 cm³/mol. The minimum Gasteiger partial charge on any atom is -0.328 e. The van der Waals surface area contributed by atoms with Gasteiger partial charge in [-0.15, -0.1) is 0 Å². The lowest BCUT2D eigenvalue weighted by atomic mass is 9.97. The van der Waals surface area contributed by atoms with Crippen molar-refractivity contribution in [1.82, 2.24) is 0 Å². The Bertz CT molecular complexity index is 369. The summed E-state index contributed by atoms with van der Waals surface area (Å²) < 4.78 is 0. The van der Waals surface area contributed by atoms with Crippen molar-refractivity contribution in [2.24, 2.45) is 5.73 Å². The molecule has 2 N–H and O–H groups in total. The van der Waals surface area contributed by atoms with Crippen LogP contribution in [0.4, 0.5) is 0 Å². The summed E-state index contributed by atoms with van der Waals surface area (Å²) in [5, 5.41) is 0. The van der Waals surface area contributed by atoms with Crippen LogP contribution < -0.4 is 5.73 Å². The van der Waals surface area contributed by atoms with Gasteiger partial charge in [-0.1, -0.05) is 18.2 Å². The zero-order valence-corrected chi connectivity index (χ0v) is 10.4. The van der Waals surface area contributed by atoms with Gasteiger partial charge in [-0.3, -0.25) is 4.79 Å². The normalized spacial score (nSPS) is 12.5. The number of ketones is 1. The highest BCUT2D eigenvalue weighted by Gasteiger charge is 2.09. The molecule has 0 aliphatic carbocycles. The monoisotopic (exact) mass is 219 g/mol. The first kappa shape index (κ1) is 12.9. The van der Waals surface area contributed by atoms with Gasteiger partial charge in [0, 0.05) is 18.0 Å². The van der Waals surface area contributed by atoms with E-state index in [0.717, 1.165) is 24.0 Å². The molecule has 0 aliphatic rings. The molecule has 0 heterocycles. The number of Topliss-reactive ketones (excluding diaryl/α,β-unsaturated/α-hetero) is 1. The fraction of sp³-hybridized carbons (Fsp3) is 0.500. The first-order valence-electron chi connectivity index (χ1n) is 5.87. The zero-order chi connectivity index (χ0) is 12.1. The number of hydrogen-bond acceptors (Lipinski definition) is 2. The van der Waals surface area contributed by atoms with Crippen molar-refractivity contribution in [3.8, 4) is 0 Å². The Hall–Kier alpha value is -1.15. The summed E-state index contributed by atoms with van der Waals surface area (Å²) in [6.45, 7) is 6.02. The van der Waals surface area contributed by atoms with E-state index >= 15 is 0 Å². The number of nitrogens with two attached hydrogens (primary N) is 1. The second kappa shape index (κ2) is 5.80. The minimum atomic E-state index is 0.186. The molecule has 16 heavy (non-hydrogen) atoms. The molecule has 88 valence electrons. The van der Waals surface area contributed by atoms with Crippen molar-refractivity contribution in [2.45, 2.75) is 46.1 Å². The summed E-state index contributed by atoms with van der Waals surface area (Å²) in [5.41, 5.74) is 8.81. The van der Waals surface area contributed by atoms with Gasteiger partial charge in [-0.2, -0.15) is 0 Å². The molecule has 1 atom stereocenters. The average molecular weight is 219 g/mol. The number of benzene rings is 1. The van der Waals surface area contributed by atoms with Gasteiger partial charge in [0.05, 0.1) is 0 Å². The van der Waals surface area contributed by atoms with Gasteiger partial charge in [0.15, 0.2) is 5.78 Å². The van der Waals surface area contributed by atoms with Crippen LogP contribution in [0.5, 0.6) is 0 Å². The number of aryl methyl sites for hydroxylation is 1. The van der Waals surface area contributed by atoms with Crippen LogP contribution in [-0.2, 0) is 0 Å². The second-order valence-electron chi connectivity index (χ2n) is 4.54. The van der Waals surface area contributed by atoms with Crippen molar-refractivity contribution in [1.29, 1.82) is 0 Å². The van der Waals surface area contributed by atoms with E-state index in [0.29, 0.717) is 6.42 Å². The van der Waals surface area contributed by atoms with Crippen molar-refractivity contribution in [2.75, 3.05) is 0 Å². The Morgan fingerprint density at radius 1 is 1.38 bits per heavy atom. The standard InChI is InChI=1S/C14H21NO/c1-10-6-4-8-13(12(10)3)14(16)9-5-7-11(2)15/h4,6,8,11H,5,7,9,15H2,1-3H3. The quantitative estimate of drug-likeness (QED) is 0.774. The molecule has 0 fully saturated rings. The van der Waals surface area contributed by atoms with E-state index in [9.17, 15) is 4.79 Å². The zero-order valence-electron chi connectivity index (χ0n) is 10.4. The molecule has 0 radical (unpaired) electrons. The molecule has 2 heteroatoms. The minimum absolute atomic E-state index is 0.186. The van der Waals surface area contributed by atoms with Crippen molar-refractivity contribution in [3.63, 3.8) is 0 Å². The SMILES string of the molecule is Cc1cccc(C(=O)CCCC(C)N)c1C. The molecular formula is C14H21NO. The van der Waals surface area contributed by atoms with Crippen molar-refractivity contribution in [3.05, 3.63) is 34.9 Å². The van der Waals surface area contributed by atoms with Crippen molar-refractivity contribution < 1.29 is 4.79 Å². The molecule has 0 aliphatic heterocycles. The van der Waals surface area contributed by atoms with Crippen LogP contribution in [0.25, 0.3) is 0 Å². The summed E-state index contributed by atoms with van der Waals surface area (Å²) in [4.78, 5) is 12.0. The maximum absolute atomic E-state index is 12.0. The lowest BCUT2D eigenvalue weighted by molar-refractivity contribution is 0.0978. The third-order valence-electron chi connectivity index (χ3n) is 2.97. The summed E-state index contributed by atoms with van der Waals surface area (Å²) in [6.07, 6.45) is 2.40. The maximum Gasteiger partial charge on any atom is 0.163 e. The molecule has 1 aromatic rings. The van der Waals surface area contributed by atoms with Gasteiger partial charge < -0.3 is 5.73 Å². The van der Waals surface area contributed by atoms with Crippen LogP contribution in [0.1, 0.15) is 47.7 Å². The Balaban J connectivity index is 2.63. The first-order chi connectivity index (χ1) is 7.52. The predicted octanol–water partition coefficient (Wildman–Crippen LogP) is 3.00. The van der Waals surface area contributed by atoms with E-state index in [4.69, 9.17) is 5.73 Å². The van der Waals surface area contributed by atoms with E-state index < -0.39 is 0 Å². The summed E-state index contributed by atoms with van der Waals surface area (Å²) in [5.74, 6) is 0.238. The van der Waals surface area contributed by atoms with Gasteiger partial charge >= 0.3 is 0 Å². The van der Waals surface area contributed by atoms with E-state index in [1.165, 1.54) is 5.56 Å². The molecule has 0 saturated heterocycles. The van der Waals surface area contributed by atoms with Gasteiger partial charge in [-0.05, 0) is 44.7 Å². The van der Waals surface area contributed by atoms with Crippen LogP contribution in [0, 0.1) is 13.8 Å². The van der Waals surface area contributed by atoms with E-state index in [1.54, 1.807) is 0 Å². The highest BCUT2D eigenvalue weighted by molar-refractivity contribution is 5.97. The van der Waals surface area contributed by atoms with E-state index in [1.807, 2.05) is 39.0 Å². The largest absolute Gasteiger partial charge is 0.328 e. The molecule has 0 amide bonds. The van der Waals surface area contributed by atoms with Crippen LogP contribution in [0.2, 0.25) is 0 Å². The van der Waals surface area contributed by atoms with Gasteiger partial charge in [-0.25, -0.2) is 0 Å².